The van der Waals surface area contributed by atoms with E-state index in [1.54, 1.807) is 0 Å². The number of hydrogen-bond acceptors (Lipinski definition) is 3. The van der Waals surface area contributed by atoms with E-state index < -0.39 is 0 Å². The monoisotopic (exact) mass is 170 g/mol. The number of amides is 1. The van der Waals surface area contributed by atoms with Crippen LogP contribution in [0, 0.1) is 11.3 Å². The van der Waals surface area contributed by atoms with Crippen LogP contribution in [0.2, 0.25) is 0 Å². The minimum Gasteiger partial charge on any atom is -0.372 e. The number of nitrogens with zero attached hydrogens (tertiary/aromatic N) is 2. The van der Waals surface area contributed by atoms with Crippen LogP contribution in [-0.2, 0) is 9.53 Å². The fourth-order valence-electron chi connectivity index (χ4n) is 0.742. The minimum absolute atomic E-state index is 0.0754. The number of hydrogen-bond donors (Lipinski definition) is 0. The van der Waals surface area contributed by atoms with Gasteiger partial charge in [0.25, 0.3) is 0 Å². The quantitative estimate of drug-likeness (QED) is 0.561. The molecule has 0 aliphatic rings. The second kappa shape index (κ2) is 6.62. The van der Waals surface area contributed by atoms with Crippen LogP contribution in [0.3, 0.4) is 0 Å². The fraction of sp³-hybridized carbons (Fsp3) is 0.750. The Bertz CT molecular complexity index is 174. The van der Waals surface area contributed by atoms with E-state index in [1.807, 2.05) is 19.9 Å². The van der Waals surface area contributed by atoms with E-state index in [2.05, 4.69) is 0 Å². The molecule has 0 aliphatic carbocycles. The van der Waals surface area contributed by atoms with Gasteiger partial charge in [0, 0.05) is 13.2 Å². The van der Waals surface area contributed by atoms with Gasteiger partial charge in [0.15, 0.2) is 0 Å². The standard InChI is InChI=1S/C8H14N2O2/c1-3-10(6-5-9)8(11)7-12-4-2/h3-4,6-7H2,1-2H3. The Balaban J connectivity index is 3.79. The summed E-state index contributed by atoms with van der Waals surface area (Å²) in [5.74, 6) is -0.124. The number of likely N-dealkylation sites (N-methyl/N-ethyl adjacent to an activating group) is 1. The molecule has 0 heterocycles. The lowest BCUT2D eigenvalue weighted by Gasteiger charge is -2.16. The Morgan fingerprint density at radius 2 is 2.25 bits per heavy atom. The molecule has 68 valence electrons. The van der Waals surface area contributed by atoms with Gasteiger partial charge in [0.2, 0.25) is 5.91 Å². The molecule has 0 saturated heterocycles. The zero-order chi connectivity index (χ0) is 9.40. The van der Waals surface area contributed by atoms with Crippen molar-refractivity contribution in [1.82, 2.24) is 4.90 Å². The lowest BCUT2D eigenvalue weighted by atomic mass is 10.4. The maximum atomic E-state index is 11.2. The molecule has 1 amide bonds. The van der Waals surface area contributed by atoms with Crippen molar-refractivity contribution in [2.24, 2.45) is 0 Å². The van der Waals surface area contributed by atoms with Gasteiger partial charge in [-0.15, -0.1) is 0 Å². The molecule has 0 saturated carbocycles. The van der Waals surface area contributed by atoms with Crippen molar-refractivity contribution in [3.63, 3.8) is 0 Å². The highest BCUT2D eigenvalue weighted by atomic mass is 16.5. The molecule has 0 N–H and O–H groups in total. The SMILES string of the molecule is CCOCC(=O)N(CC)CC#N. The summed E-state index contributed by atoms with van der Waals surface area (Å²) in [6, 6.07) is 1.93. The molecule has 4 nitrogen and oxygen atoms in total. The maximum absolute atomic E-state index is 11.2. The third-order valence-corrected chi connectivity index (χ3v) is 1.43. The Morgan fingerprint density at radius 1 is 1.58 bits per heavy atom. The number of ether oxygens (including phenoxy) is 1. The molecule has 12 heavy (non-hydrogen) atoms. The van der Waals surface area contributed by atoms with Gasteiger partial charge < -0.3 is 9.64 Å². The minimum atomic E-state index is -0.124. The summed E-state index contributed by atoms with van der Waals surface area (Å²) in [6.07, 6.45) is 0. The van der Waals surface area contributed by atoms with E-state index in [0.717, 1.165) is 0 Å². The molecule has 0 aromatic rings. The van der Waals surface area contributed by atoms with Gasteiger partial charge >= 0.3 is 0 Å². The number of rotatable bonds is 5. The van der Waals surface area contributed by atoms with Crippen molar-refractivity contribution in [2.75, 3.05) is 26.3 Å². The topological polar surface area (TPSA) is 53.3 Å². The van der Waals surface area contributed by atoms with E-state index in [9.17, 15) is 4.79 Å². The van der Waals surface area contributed by atoms with Crippen LogP contribution in [0.5, 0.6) is 0 Å². The Hall–Kier alpha value is -1.08. The highest BCUT2D eigenvalue weighted by molar-refractivity contribution is 5.77. The molecule has 0 rings (SSSR count). The van der Waals surface area contributed by atoms with Crippen LogP contribution >= 0.6 is 0 Å². The Morgan fingerprint density at radius 3 is 2.67 bits per heavy atom. The highest BCUT2D eigenvalue weighted by Crippen LogP contribution is 1.89. The summed E-state index contributed by atoms with van der Waals surface area (Å²) in [6.45, 7) is 4.96. The van der Waals surface area contributed by atoms with Crippen LogP contribution in [0.15, 0.2) is 0 Å². The van der Waals surface area contributed by atoms with Gasteiger partial charge in [0.05, 0.1) is 6.07 Å². The van der Waals surface area contributed by atoms with Crippen molar-refractivity contribution in [2.45, 2.75) is 13.8 Å². The largest absolute Gasteiger partial charge is 0.372 e. The van der Waals surface area contributed by atoms with Crippen molar-refractivity contribution < 1.29 is 9.53 Å². The normalized spacial score (nSPS) is 9.08. The average Bonchev–Trinajstić information content (AvgIpc) is 2.10. The first-order valence-electron chi connectivity index (χ1n) is 3.98. The van der Waals surface area contributed by atoms with E-state index in [0.29, 0.717) is 13.2 Å². The second-order valence-corrected chi connectivity index (χ2v) is 2.20. The van der Waals surface area contributed by atoms with E-state index in [4.69, 9.17) is 10.00 Å². The number of nitriles is 1. The molecule has 0 spiro atoms. The molecule has 0 unspecified atom stereocenters. The van der Waals surface area contributed by atoms with E-state index in [-0.39, 0.29) is 19.1 Å². The predicted molar refractivity (Wildman–Crippen MR) is 44.4 cm³/mol. The van der Waals surface area contributed by atoms with Gasteiger partial charge in [-0.1, -0.05) is 0 Å². The molecule has 0 atom stereocenters. The smallest absolute Gasteiger partial charge is 0.249 e. The predicted octanol–water partition coefficient (Wildman–Crippen LogP) is 0.395. The third kappa shape index (κ3) is 3.94. The Labute approximate surface area is 72.7 Å². The summed E-state index contributed by atoms with van der Waals surface area (Å²) < 4.78 is 4.92. The summed E-state index contributed by atoms with van der Waals surface area (Å²) >= 11 is 0. The molecule has 0 aromatic carbocycles. The first-order valence-corrected chi connectivity index (χ1v) is 3.98. The molecule has 0 fully saturated rings. The lowest BCUT2D eigenvalue weighted by Crippen LogP contribution is -2.34. The molecular formula is C8H14N2O2. The van der Waals surface area contributed by atoms with Crippen LogP contribution in [0.25, 0.3) is 0 Å². The van der Waals surface area contributed by atoms with Gasteiger partial charge in [-0.2, -0.15) is 5.26 Å². The molecule has 0 radical (unpaired) electrons. The molecule has 0 bridgehead atoms. The van der Waals surface area contributed by atoms with Crippen molar-refractivity contribution in [3.05, 3.63) is 0 Å². The summed E-state index contributed by atoms with van der Waals surface area (Å²) in [5.41, 5.74) is 0. The maximum Gasteiger partial charge on any atom is 0.249 e. The first kappa shape index (κ1) is 10.9. The van der Waals surface area contributed by atoms with Gasteiger partial charge in [-0.25, -0.2) is 0 Å². The number of carbonyl (C=O) groups is 1. The van der Waals surface area contributed by atoms with Gasteiger partial charge in [0.1, 0.15) is 13.2 Å². The second-order valence-electron chi connectivity index (χ2n) is 2.20. The first-order chi connectivity index (χ1) is 5.76. The highest BCUT2D eigenvalue weighted by Gasteiger charge is 2.09. The van der Waals surface area contributed by atoms with Crippen molar-refractivity contribution in [3.8, 4) is 6.07 Å². The Kier molecular flexibility index (Phi) is 6.02. The zero-order valence-corrected chi connectivity index (χ0v) is 7.54. The average molecular weight is 170 g/mol. The number of carbonyl (C=O) groups excluding carboxylic acids is 1. The van der Waals surface area contributed by atoms with Gasteiger partial charge in [-0.3, -0.25) is 4.79 Å². The van der Waals surface area contributed by atoms with Crippen LogP contribution in [0.4, 0.5) is 0 Å². The van der Waals surface area contributed by atoms with Crippen LogP contribution in [-0.4, -0.2) is 37.1 Å². The zero-order valence-electron chi connectivity index (χ0n) is 7.54. The summed E-state index contributed by atoms with van der Waals surface area (Å²) in [4.78, 5) is 12.6. The molecule has 0 aliphatic heterocycles. The van der Waals surface area contributed by atoms with E-state index >= 15 is 0 Å². The van der Waals surface area contributed by atoms with Gasteiger partial charge in [-0.05, 0) is 13.8 Å². The van der Waals surface area contributed by atoms with Crippen LogP contribution in [0.1, 0.15) is 13.8 Å². The van der Waals surface area contributed by atoms with Crippen molar-refractivity contribution in [1.29, 1.82) is 5.26 Å². The molecule has 4 heteroatoms. The molecular weight excluding hydrogens is 156 g/mol. The van der Waals surface area contributed by atoms with Crippen LogP contribution < -0.4 is 0 Å². The summed E-state index contributed by atoms with van der Waals surface area (Å²) in [7, 11) is 0. The third-order valence-electron chi connectivity index (χ3n) is 1.43. The summed E-state index contributed by atoms with van der Waals surface area (Å²) in [5, 5.41) is 8.36. The van der Waals surface area contributed by atoms with Crippen molar-refractivity contribution >= 4 is 5.91 Å². The fourth-order valence-corrected chi connectivity index (χ4v) is 0.742. The lowest BCUT2D eigenvalue weighted by molar-refractivity contribution is -0.135. The molecule has 0 aromatic heterocycles. The van der Waals surface area contributed by atoms with E-state index in [1.165, 1.54) is 4.90 Å².